The summed E-state index contributed by atoms with van der Waals surface area (Å²) in [6.45, 7) is 3.60. The first-order valence-corrected chi connectivity index (χ1v) is 9.66. The second-order valence-electron chi connectivity index (χ2n) is 6.36. The van der Waals surface area contributed by atoms with Crippen LogP contribution in [0.5, 0.6) is 0 Å². The van der Waals surface area contributed by atoms with E-state index in [0.29, 0.717) is 16.8 Å². The highest BCUT2D eigenvalue weighted by molar-refractivity contribution is 7.19. The number of nitro groups is 1. The van der Waals surface area contributed by atoms with E-state index in [1.807, 2.05) is 19.1 Å². The summed E-state index contributed by atoms with van der Waals surface area (Å²) in [7, 11) is 0. The zero-order valence-electron chi connectivity index (χ0n) is 15.6. The van der Waals surface area contributed by atoms with Gasteiger partial charge in [-0.3, -0.25) is 14.9 Å². The number of nitrogens with one attached hydrogen (secondary N) is 1. The predicted octanol–water partition coefficient (Wildman–Crippen LogP) is 3.88. The molecule has 4 rings (SSSR count). The minimum Gasteiger partial charge on any atom is -0.322 e. The number of nitrogens with zero attached hydrogens (tertiary/aromatic N) is 5. The molecule has 0 bridgehead atoms. The molecule has 0 spiro atoms. The number of nitro benzene ring substituents is 1. The molecular formula is C19H16N6O3S. The lowest BCUT2D eigenvalue weighted by molar-refractivity contribution is -0.385. The number of carbonyl (C=O) groups excluding carboxylic acids is 1. The maximum atomic E-state index is 12.4. The van der Waals surface area contributed by atoms with Crippen LogP contribution in [0, 0.1) is 17.0 Å². The maximum absolute atomic E-state index is 12.4. The second-order valence-corrected chi connectivity index (χ2v) is 7.32. The van der Waals surface area contributed by atoms with E-state index in [4.69, 9.17) is 0 Å². The quantitative estimate of drug-likeness (QED) is 0.396. The molecule has 2 heterocycles. The molecule has 1 N–H and O–H groups in total. The van der Waals surface area contributed by atoms with Gasteiger partial charge in [-0.25, -0.2) is 0 Å². The lowest BCUT2D eigenvalue weighted by Gasteiger charge is -2.07. The fourth-order valence-electron chi connectivity index (χ4n) is 2.90. The normalized spacial score (nSPS) is 11.0. The summed E-state index contributed by atoms with van der Waals surface area (Å²) in [5.74, 6) is 0.479. The van der Waals surface area contributed by atoms with E-state index in [9.17, 15) is 14.9 Å². The van der Waals surface area contributed by atoms with Gasteiger partial charge in [-0.2, -0.15) is 9.61 Å². The molecule has 0 unspecified atom stereocenters. The van der Waals surface area contributed by atoms with Crippen molar-refractivity contribution < 1.29 is 9.72 Å². The van der Waals surface area contributed by atoms with Crippen molar-refractivity contribution in [2.75, 3.05) is 5.32 Å². The molecule has 0 saturated heterocycles. The number of rotatable bonds is 5. The SMILES string of the molecule is CCc1nnc2sc(-c3ccc(NC(=O)c4ccc([N+](=O)[O-])c(C)c4)cc3)nn12. The lowest BCUT2D eigenvalue weighted by atomic mass is 10.1. The smallest absolute Gasteiger partial charge is 0.272 e. The minimum atomic E-state index is -0.467. The van der Waals surface area contributed by atoms with Crippen LogP contribution in [0.25, 0.3) is 15.5 Å². The van der Waals surface area contributed by atoms with Crippen molar-refractivity contribution in [3.63, 3.8) is 0 Å². The van der Waals surface area contributed by atoms with Crippen molar-refractivity contribution in [2.24, 2.45) is 0 Å². The van der Waals surface area contributed by atoms with Crippen molar-refractivity contribution in [3.05, 3.63) is 69.5 Å². The van der Waals surface area contributed by atoms with E-state index < -0.39 is 4.92 Å². The number of fused-ring (bicyclic) bond motifs is 1. The van der Waals surface area contributed by atoms with Gasteiger partial charge in [-0.05, 0) is 43.3 Å². The molecular weight excluding hydrogens is 392 g/mol. The molecule has 0 saturated carbocycles. The van der Waals surface area contributed by atoms with Crippen LogP contribution in [0.2, 0.25) is 0 Å². The van der Waals surface area contributed by atoms with E-state index in [2.05, 4.69) is 20.6 Å². The summed E-state index contributed by atoms with van der Waals surface area (Å²) in [5, 5.41) is 27.3. The first-order chi connectivity index (χ1) is 14.0. The molecule has 4 aromatic rings. The third-order valence-corrected chi connectivity index (χ3v) is 5.36. The molecule has 2 aromatic carbocycles. The summed E-state index contributed by atoms with van der Waals surface area (Å²) in [4.78, 5) is 23.6. The van der Waals surface area contributed by atoms with Crippen LogP contribution < -0.4 is 5.32 Å². The van der Waals surface area contributed by atoms with E-state index in [-0.39, 0.29) is 11.6 Å². The van der Waals surface area contributed by atoms with Crippen LogP contribution >= 0.6 is 11.3 Å². The van der Waals surface area contributed by atoms with Crippen molar-refractivity contribution in [2.45, 2.75) is 20.3 Å². The van der Waals surface area contributed by atoms with Crippen LogP contribution in [-0.2, 0) is 6.42 Å². The molecule has 0 radical (unpaired) electrons. The standard InChI is InChI=1S/C19H16N6O3S/c1-3-16-21-22-19-24(16)23-18(29-19)12-4-7-14(8-5-12)20-17(26)13-6-9-15(25(27)28)11(2)10-13/h4-10H,3H2,1-2H3,(H,20,26). The Morgan fingerprint density at radius 2 is 1.97 bits per heavy atom. The van der Waals surface area contributed by atoms with Gasteiger partial charge in [0, 0.05) is 34.9 Å². The second kappa shape index (κ2) is 7.40. The van der Waals surface area contributed by atoms with Gasteiger partial charge >= 0.3 is 0 Å². The molecule has 2 aromatic heterocycles. The van der Waals surface area contributed by atoms with E-state index >= 15 is 0 Å². The zero-order chi connectivity index (χ0) is 20.5. The molecule has 146 valence electrons. The Morgan fingerprint density at radius 1 is 1.21 bits per heavy atom. The Kier molecular flexibility index (Phi) is 4.77. The number of aryl methyl sites for hydroxylation is 2. The van der Waals surface area contributed by atoms with Crippen LogP contribution in [0.1, 0.15) is 28.7 Å². The van der Waals surface area contributed by atoms with Crippen molar-refractivity contribution in [3.8, 4) is 10.6 Å². The third kappa shape index (κ3) is 3.57. The van der Waals surface area contributed by atoms with Gasteiger partial charge in [0.25, 0.3) is 11.6 Å². The highest BCUT2D eigenvalue weighted by Crippen LogP contribution is 2.27. The molecule has 10 heteroatoms. The fraction of sp³-hybridized carbons (Fsp3) is 0.158. The maximum Gasteiger partial charge on any atom is 0.272 e. The molecule has 0 atom stereocenters. The highest BCUT2D eigenvalue weighted by atomic mass is 32.1. The Morgan fingerprint density at radius 3 is 2.62 bits per heavy atom. The number of benzene rings is 2. The summed E-state index contributed by atoms with van der Waals surface area (Å²) in [6.07, 6.45) is 0.747. The fourth-order valence-corrected chi connectivity index (χ4v) is 3.76. The van der Waals surface area contributed by atoms with Crippen molar-refractivity contribution in [1.29, 1.82) is 0 Å². The number of anilines is 1. The number of hydrogen-bond acceptors (Lipinski definition) is 7. The Bertz CT molecular complexity index is 1230. The molecule has 0 aliphatic heterocycles. The van der Waals surface area contributed by atoms with Gasteiger partial charge in [0.2, 0.25) is 4.96 Å². The Balaban J connectivity index is 1.51. The molecule has 29 heavy (non-hydrogen) atoms. The van der Waals surface area contributed by atoms with E-state index in [1.54, 1.807) is 23.6 Å². The van der Waals surface area contributed by atoms with Gasteiger partial charge in [0.15, 0.2) is 5.82 Å². The van der Waals surface area contributed by atoms with Crippen molar-refractivity contribution in [1.82, 2.24) is 19.8 Å². The molecule has 9 nitrogen and oxygen atoms in total. The van der Waals surface area contributed by atoms with Gasteiger partial charge in [-0.1, -0.05) is 18.3 Å². The minimum absolute atomic E-state index is 0.0119. The van der Waals surface area contributed by atoms with Crippen LogP contribution in [0.3, 0.4) is 0 Å². The Labute approximate surface area is 169 Å². The molecule has 0 aliphatic rings. The zero-order valence-corrected chi connectivity index (χ0v) is 16.4. The van der Waals surface area contributed by atoms with Crippen molar-refractivity contribution >= 4 is 33.6 Å². The van der Waals surface area contributed by atoms with E-state index in [0.717, 1.165) is 27.8 Å². The van der Waals surface area contributed by atoms with E-state index in [1.165, 1.54) is 29.5 Å². The summed E-state index contributed by atoms with van der Waals surface area (Å²) in [5.41, 5.74) is 2.31. The molecule has 0 fully saturated rings. The first-order valence-electron chi connectivity index (χ1n) is 8.84. The topological polar surface area (TPSA) is 115 Å². The molecule has 0 aliphatic carbocycles. The highest BCUT2D eigenvalue weighted by Gasteiger charge is 2.15. The summed E-state index contributed by atoms with van der Waals surface area (Å²) in [6, 6.07) is 11.6. The van der Waals surface area contributed by atoms with Gasteiger partial charge in [0.1, 0.15) is 5.01 Å². The summed E-state index contributed by atoms with van der Waals surface area (Å²) < 4.78 is 1.74. The lowest BCUT2D eigenvalue weighted by Crippen LogP contribution is -2.12. The number of amides is 1. The van der Waals surface area contributed by atoms with Gasteiger partial charge in [0.05, 0.1) is 4.92 Å². The monoisotopic (exact) mass is 408 g/mol. The van der Waals surface area contributed by atoms with Gasteiger partial charge in [-0.15, -0.1) is 10.2 Å². The third-order valence-electron chi connectivity index (χ3n) is 4.42. The first kappa shape index (κ1) is 18.7. The number of aromatic nitrogens is 4. The number of hydrogen-bond donors (Lipinski definition) is 1. The average molecular weight is 408 g/mol. The average Bonchev–Trinajstić information content (AvgIpc) is 3.28. The van der Waals surface area contributed by atoms with Gasteiger partial charge < -0.3 is 5.32 Å². The van der Waals surface area contributed by atoms with Crippen LogP contribution in [0.15, 0.2) is 42.5 Å². The summed E-state index contributed by atoms with van der Waals surface area (Å²) >= 11 is 1.44. The van der Waals surface area contributed by atoms with Crippen LogP contribution in [0.4, 0.5) is 11.4 Å². The Hall–Kier alpha value is -3.66. The number of carbonyl (C=O) groups is 1. The predicted molar refractivity (Wildman–Crippen MR) is 109 cm³/mol. The molecule has 1 amide bonds. The van der Waals surface area contributed by atoms with Crippen LogP contribution in [-0.4, -0.2) is 30.6 Å². The largest absolute Gasteiger partial charge is 0.322 e.